The van der Waals surface area contributed by atoms with Gasteiger partial charge in [-0.2, -0.15) is 0 Å². The van der Waals surface area contributed by atoms with Crippen molar-refractivity contribution in [3.8, 4) is 0 Å². The Bertz CT molecular complexity index is 286. The Morgan fingerprint density at radius 3 is 2.63 bits per heavy atom. The number of carbonyl (C=O) groups is 1. The molecule has 0 spiro atoms. The number of hydrogen-bond acceptors (Lipinski definition) is 2. The zero-order valence-electron chi connectivity index (χ0n) is 12.3. The van der Waals surface area contributed by atoms with Crippen LogP contribution < -0.4 is 0 Å². The predicted molar refractivity (Wildman–Crippen MR) is 76.8 cm³/mol. The van der Waals surface area contributed by atoms with E-state index in [0.29, 0.717) is 12.3 Å². The van der Waals surface area contributed by atoms with Gasteiger partial charge in [0.15, 0.2) is 0 Å². The van der Waals surface area contributed by atoms with Gasteiger partial charge in [-0.25, -0.2) is 0 Å². The fraction of sp³-hybridized carbons (Fsp3) is 0.938. The second-order valence-electron chi connectivity index (χ2n) is 6.57. The monoisotopic (exact) mass is 267 g/mol. The molecule has 2 atom stereocenters. The number of aliphatic hydroxyl groups is 1. The van der Waals surface area contributed by atoms with Crippen LogP contribution in [0.3, 0.4) is 0 Å². The van der Waals surface area contributed by atoms with Gasteiger partial charge in [0, 0.05) is 19.5 Å². The minimum atomic E-state index is -0.216. The van der Waals surface area contributed by atoms with Crippen molar-refractivity contribution in [3.63, 3.8) is 0 Å². The average molecular weight is 267 g/mol. The number of rotatable bonds is 4. The number of nitrogens with zero attached hydrogens (tertiary/aromatic N) is 1. The van der Waals surface area contributed by atoms with Gasteiger partial charge in [0.1, 0.15) is 0 Å². The van der Waals surface area contributed by atoms with Crippen LogP contribution in [0.4, 0.5) is 0 Å². The Hall–Kier alpha value is -0.570. The van der Waals surface area contributed by atoms with Gasteiger partial charge in [-0.1, -0.05) is 39.0 Å². The van der Waals surface area contributed by atoms with E-state index in [9.17, 15) is 9.90 Å². The third-order valence-corrected chi connectivity index (χ3v) is 4.94. The maximum atomic E-state index is 12.1. The molecule has 1 N–H and O–H groups in total. The van der Waals surface area contributed by atoms with Crippen LogP contribution in [0.25, 0.3) is 0 Å². The third kappa shape index (κ3) is 4.48. The molecule has 1 saturated heterocycles. The summed E-state index contributed by atoms with van der Waals surface area (Å²) in [5, 5.41) is 9.69. The van der Waals surface area contributed by atoms with Crippen LogP contribution in [0.2, 0.25) is 0 Å². The highest BCUT2D eigenvalue weighted by Crippen LogP contribution is 2.28. The van der Waals surface area contributed by atoms with E-state index in [2.05, 4.69) is 0 Å². The molecule has 0 aromatic carbocycles. The lowest BCUT2D eigenvalue weighted by Gasteiger charge is -2.34. The number of likely N-dealkylation sites (tertiary alicyclic amines) is 1. The van der Waals surface area contributed by atoms with Crippen molar-refractivity contribution >= 4 is 5.91 Å². The molecule has 2 unspecified atom stereocenters. The molecule has 2 rings (SSSR count). The lowest BCUT2D eigenvalue weighted by atomic mass is 9.85. The highest BCUT2D eigenvalue weighted by Gasteiger charge is 2.26. The Labute approximate surface area is 117 Å². The van der Waals surface area contributed by atoms with Gasteiger partial charge in [0.2, 0.25) is 5.91 Å². The van der Waals surface area contributed by atoms with E-state index in [4.69, 9.17) is 0 Å². The SMILES string of the molecule is CC1CN(C(=O)CCCC2CCCCC2)CCC1O. The van der Waals surface area contributed by atoms with E-state index >= 15 is 0 Å². The molecule has 1 aliphatic carbocycles. The number of carbonyl (C=O) groups excluding carboxylic acids is 1. The summed E-state index contributed by atoms with van der Waals surface area (Å²) in [5.41, 5.74) is 0. The van der Waals surface area contributed by atoms with Gasteiger partial charge < -0.3 is 10.0 Å². The number of amides is 1. The first-order chi connectivity index (χ1) is 9.16. The molecule has 1 amide bonds. The molecule has 19 heavy (non-hydrogen) atoms. The van der Waals surface area contributed by atoms with Crippen molar-refractivity contribution in [3.05, 3.63) is 0 Å². The standard InChI is InChI=1S/C16H29NO2/c1-13-12-17(11-10-15(13)18)16(19)9-5-8-14-6-3-2-4-7-14/h13-15,18H,2-12H2,1H3. The molecule has 0 radical (unpaired) electrons. The van der Waals surface area contributed by atoms with Gasteiger partial charge in [-0.05, 0) is 31.1 Å². The number of piperidine rings is 1. The van der Waals surface area contributed by atoms with E-state index in [1.807, 2.05) is 11.8 Å². The highest BCUT2D eigenvalue weighted by molar-refractivity contribution is 5.76. The number of aliphatic hydroxyl groups excluding tert-OH is 1. The lowest BCUT2D eigenvalue weighted by Crippen LogP contribution is -2.44. The Morgan fingerprint density at radius 1 is 1.21 bits per heavy atom. The third-order valence-electron chi connectivity index (χ3n) is 4.94. The molecule has 110 valence electrons. The van der Waals surface area contributed by atoms with Crippen molar-refractivity contribution in [2.75, 3.05) is 13.1 Å². The van der Waals surface area contributed by atoms with Crippen LogP contribution in [0, 0.1) is 11.8 Å². The highest BCUT2D eigenvalue weighted by atomic mass is 16.3. The normalized spacial score (nSPS) is 29.5. The maximum Gasteiger partial charge on any atom is 0.222 e. The molecule has 2 fully saturated rings. The van der Waals surface area contributed by atoms with Gasteiger partial charge in [0.25, 0.3) is 0 Å². The van der Waals surface area contributed by atoms with Crippen LogP contribution in [0.15, 0.2) is 0 Å². The molecule has 1 heterocycles. The van der Waals surface area contributed by atoms with Crippen molar-refractivity contribution in [1.82, 2.24) is 4.90 Å². The summed E-state index contributed by atoms with van der Waals surface area (Å²) in [5.74, 6) is 1.41. The van der Waals surface area contributed by atoms with Crippen molar-refractivity contribution in [2.45, 2.75) is 70.8 Å². The fourth-order valence-electron chi connectivity index (χ4n) is 3.54. The molecule has 1 aliphatic heterocycles. The summed E-state index contributed by atoms with van der Waals surface area (Å²) in [6.45, 7) is 3.52. The Balaban J connectivity index is 1.63. The van der Waals surface area contributed by atoms with E-state index in [1.54, 1.807) is 0 Å². The first-order valence-corrected chi connectivity index (χ1v) is 8.12. The zero-order chi connectivity index (χ0) is 13.7. The Kier molecular flexibility index (Phi) is 5.68. The van der Waals surface area contributed by atoms with E-state index in [0.717, 1.165) is 31.8 Å². The molecule has 0 aromatic heterocycles. The smallest absolute Gasteiger partial charge is 0.222 e. The molecule has 3 nitrogen and oxygen atoms in total. The maximum absolute atomic E-state index is 12.1. The van der Waals surface area contributed by atoms with Crippen LogP contribution in [-0.4, -0.2) is 35.1 Å². The van der Waals surface area contributed by atoms with Crippen LogP contribution in [0.5, 0.6) is 0 Å². The van der Waals surface area contributed by atoms with Crippen molar-refractivity contribution < 1.29 is 9.90 Å². The summed E-state index contributed by atoms with van der Waals surface area (Å²) in [7, 11) is 0. The van der Waals surface area contributed by atoms with Crippen LogP contribution in [-0.2, 0) is 4.79 Å². The van der Waals surface area contributed by atoms with Crippen molar-refractivity contribution in [2.24, 2.45) is 11.8 Å². The lowest BCUT2D eigenvalue weighted by molar-refractivity contribution is -0.134. The minimum absolute atomic E-state index is 0.216. The summed E-state index contributed by atoms with van der Waals surface area (Å²) in [6.07, 6.45) is 10.5. The summed E-state index contributed by atoms with van der Waals surface area (Å²) in [4.78, 5) is 14.1. The van der Waals surface area contributed by atoms with Crippen LogP contribution >= 0.6 is 0 Å². The molecular weight excluding hydrogens is 238 g/mol. The zero-order valence-corrected chi connectivity index (χ0v) is 12.3. The predicted octanol–water partition coefficient (Wildman–Crippen LogP) is 2.97. The summed E-state index contributed by atoms with van der Waals surface area (Å²) >= 11 is 0. The fourth-order valence-corrected chi connectivity index (χ4v) is 3.54. The largest absolute Gasteiger partial charge is 0.393 e. The first-order valence-electron chi connectivity index (χ1n) is 8.12. The van der Waals surface area contributed by atoms with E-state index in [1.165, 1.54) is 38.5 Å². The molecule has 2 aliphatic rings. The second-order valence-corrected chi connectivity index (χ2v) is 6.57. The first kappa shape index (κ1) is 14.8. The van der Waals surface area contributed by atoms with E-state index in [-0.39, 0.29) is 12.0 Å². The molecule has 0 aromatic rings. The topological polar surface area (TPSA) is 40.5 Å². The molecule has 3 heteroatoms. The minimum Gasteiger partial charge on any atom is -0.393 e. The quantitative estimate of drug-likeness (QED) is 0.850. The summed E-state index contributed by atoms with van der Waals surface area (Å²) < 4.78 is 0. The van der Waals surface area contributed by atoms with Crippen LogP contribution in [0.1, 0.15) is 64.7 Å². The molecule has 1 saturated carbocycles. The Morgan fingerprint density at radius 2 is 1.95 bits per heavy atom. The average Bonchev–Trinajstić information content (AvgIpc) is 2.43. The van der Waals surface area contributed by atoms with Crippen molar-refractivity contribution in [1.29, 1.82) is 0 Å². The van der Waals surface area contributed by atoms with Gasteiger partial charge >= 0.3 is 0 Å². The van der Waals surface area contributed by atoms with E-state index < -0.39 is 0 Å². The van der Waals surface area contributed by atoms with Gasteiger partial charge in [-0.15, -0.1) is 0 Å². The van der Waals surface area contributed by atoms with Gasteiger partial charge in [-0.3, -0.25) is 4.79 Å². The summed E-state index contributed by atoms with van der Waals surface area (Å²) in [6, 6.07) is 0. The molecular formula is C16H29NO2. The second kappa shape index (κ2) is 7.28. The number of hydrogen-bond donors (Lipinski definition) is 1. The molecule has 0 bridgehead atoms. The van der Waals surface area contributed by atoms with Gasteiger partial charge in [0.05, 0.1) is 6.10 Å².